The molecule has 0 saturated heterocycles. The van der Waals surface area contributed by atoms with E-state index in [-0.39, 0.29) is 0 Å². The van der Waals surface area contributed by atoms with Gasteiger partial charge in [0.2, 0.25) is 0 Å². The molecule has 136 valence electrons. The summed E-state index contributed by atoms with van der Waals surface area (Å²) in [6.07, 6.45) is -4.37. The maximum Gasteiger partial charge on any atom is 0.416 e. The highest BCUT2D eigenvalue weighted by Gasteiger charge is 2.29. The summed E-state index contributed by atoms with van der Waals surface area (Å²) in [7, 11) is 0. The first-order valence-corrected chi connectivity index (χ1v) is 7.86. The fourth-order valence-electron chi connectivity index (χ4n) is 2.07. The van der Waals surface area contributed by atoms with Crippen LogP contribution in [-0.4, -0.2) is 0 Å². The molecular weight excluding hydrogens is 355 g/mol. The van der Waals surface area contributed by atoms with Crippen LogP contribution in [0.25, 0.3) is 0 Å². The Labute approximate surface area is 153 Å². The molecule has 3 rings (SSSR count). The van der Waals surface area contributed by atoms with Gasteiger partial charge in [0.05, 0.1) is 28.3 Å². The van der Waals surface area contributed by atoms with Crippen molar-refractivity contribution in [3.8, 4) is 0 Å². The van der Waals surface area contributed by atoms with Crippen molar-refractivity contribution in [1.29, 1.82) is 0 Å². The quantitative estimate of drug-likeness (QED) is 0.386. The molecule has 0 saturated carbocycles. The molecular formula is C19H14F3N5. The summed E-state index contributed by atoms with van der Waals surface area (Å²) in [5.41, 5.74) is 7.70. The third-order valence-electron chi connectivity index (χ3n) is 3.50. The van der Waals surface area contributed by atoms with E-state index in [0.717, 1.165) is 12.1 Å². The molecule has 3 aromatic rings. The van der Waals surface area contributed by atoms with Crippen LogP contribution in [0.3, 0.4) is 0 Å². The lowest BCUT2D eigenvalue weighted by molar-refractivity contribution is -0.137. The number of alkyl halides is 3. The fourth-order valence-corrected chi connectivity index (χ4v) is 2.07. The predicted molar refractivity (Wildman–Crippen MR) is 97.1 cm³/mol. The predicted octanol–water partition coefficient (Wildman–Crippen LogP) is 7.12. The second kappa shape index (κ2) is 7.77. The van der Waals surface area contributed by atoms with Gasteiger partial charge in [0.1, 0.15) is 0 Å². The molecule has 0 atom stereocenters. The summed E-state index contributed by atoms with van der Waals surface area (Å²) in [5, 5.41) is 16.1. The van der Waals surface area contributed by atoms with Crippen molar-refractivity contribution in [3.63, 3.8) is 0 Å². The molecule has 3 aromatic carbocycles. The van der Waals surface area contributed by atoms with E-state index in [4.69, 9.17) is 5.73 Å². The second-order valence-electron chi connectivity index (χ2n) is 5.55. The molecule has 0 amide bonds. The molecule has 2 N–H and O–H groups in total. The van der Waals surface area contributed by atoms with Crippen LogP contribution in [0.5, 0.6) is 0 Å². The molecule has 0 bridgehead atoms. The molecule has 5 nitrogen and oxygen atoms in total. The zero-order valence-electron chi connectivity index (χ0n) is 13.9. The van der Waals surface area contributed by atoms with Crippen LogP contribution in [0.15, 0.2) is 93.3 Å². The molecule has 0 spiro atoms. The first-order chi connectivity index (χ1) is 12.9. The molecule has 0 heterocycles. The minimum absolute atomic E-state index is 0.329. The van der Waals surface area contributed by atoms with Crippen LogP contribution < -0.4 is 5.73 Å². The number of hydrogen-bond acceptors (Lipinski definition) is 5. The summed E-state index contributed by atoms with van der Waals surface area (Å²) >= 11 is 0. The highest BCUT2D eigenvalue weighted by atomic mass is 19.4. The minimum Gasteiger partial charge on any atom is -0.399 e. The molecule has 8 heteroatoms. The Balaban J connectivity index is 1.65. The topological polar surface area (TPSA) is 75.5 Å². The van der Waals surface area contributed by atoms with Gasteiger partial charge in [-0.05, 0) is 72.8 Å². The van der Waals surface area contributed by atoms with Crippen molar-refractivity contribution >= 4 is 28.4 Å². The van der Waals surface area contributed by atoms with Crippen LogP contribution in [0.1, 0.15) is 5.56 Å². The van der Waals surface area contributed by atoms with Gasteiger partial charge in [0.15, 0.2) is 0 Å². The maximum atomic E-state index is 12.5. The normalized spacial score (nSPS) is 12.1. The average Bonchev–Trinajstić information content (AvgIpc) is 2.66. The van der Waals surface area contributed by atoms with E-state index in [0.29, 0.717) is 28.4 Å². The van der Waals surface area contributed by atoms with Crippen LogP contribution in [0, 0.1) is 0 Å². The SMILES string of the molecule is Nc1ccc(N=Nc2ccc(N=Nc3ccc(C(F)(F)F)cc3)cc2)cc1. The fraction of sp³-hybridized carbons (Fsp3) is 0.0526. The van der Waals surface area contributed by atoms with E-state index in [2.05, 4.69) is 20.5 Å². The Hall–Kier alpha value is -3.55. The number of nitrogens with two attached hydrogens (primary N) is 1. The van der Waals surface area contributed by atoms with Crippen LogP contribution in [-0.2, 0) is 6.18 Å². The zero-order chi connectivity index (χ0) is 19.3. The Morgan fingerprint density at radius 2 is 0.815 bits per heavy atom. The number of rotatable bonds is 4. The number of nitrogens with zero attached hydrogens (tertiary/aromatic N) is 4. The Morgan fingerprint density at radius 1 is 0.519 bits per heavy atom. The van der Waals surface area contributed by atoms with Crippen molar-refractivity contribution in [2.45, 2.75) is 6.18 Å². The Morgan fingerprint density at radius 3 is 1.15 bits per heavy atom. The van der Waals surface area contributed by atoms with Gasteiger partial charge in [-0.1, -0.05) is 0 Å². The monoisotopic (exact) mass is 369 g/mol. The smallest absolute Gasteiger partial charge is 0.399 e. The van der Waals surface area contributed by atoms with E-state index in [1.54, 1.807) is 48.5 Å². The van der Waals surface area contributed by atoms with Gasteiger partial charge in [-0.3, -0.25) is 0 Å². The van der Waals surface area contributed by atoms with Crippen molar-refractivity contribution in [2.75, 3.05) is 5.73 Å². The van der Waals surface area contributed by atoms with E-state index in [1.807, 2.05) is 0 Å². The number of anilines is 1. The molecule has 0 aliphatic heterocycles. The van der Waals surface area contributed by atoms with Crippen molar-refractivity contribution in [2.24, 2.45) is 20.5 Å². The minimum atomic E-state index is -4.37. The Kier molecular flexibility index (Phi) is 5.25. The average molecular weight is 369 g/mol. The largest absolute Gasteiger partial charge is 0.416 e. The first kappa shape index (κ1) is 18.2. The van der Waals surface area contributed by atoms with Gasteiger partial charge in [-0.25, -0.2) is 0 Å². The number of hydrogen-bond donors (Lipinski definition) is 1. The summed E-state index contributed by atoms with van der Waals surface area (Å²) < 4.78 is 37.6. The van der Waals surface area contributed by atoms with Gasteiger partial charge in [0.25, 0.3) is 0 Å². The summed E-state index contributed by atoms with van der Waals surface area (Å²) in [6.45, 7) is 0. The van der Waals surface area contributed by atoms with Gasteiger partial charge in [0, 0.05) is 5.69 Å². The van der Waals surface area contributed by atoms with E-state index in [1.165, 1.54) is 12.1 Å². The second-order valence-corrected chi connectivity index (χ2v) is 5.55. The lowest BCUT2D eigenvalue weighted by Crippen LogP contribution is -2.03. The molecule has 0 aromatic heterocycles. The Bertz CT molecular complexity index is 945. The highest BCUT2D eigenvalue weighted by Crippen LogP contribution is 2.31. The third-order valence-corrected chi connectivity index (χ3v) is 3.50. The van der Waals surface area contributed by atoms with Gasteiger partial charge < -0.3 is 5.73 Å². The third kappa shape index (κ3) is 5.21. The molecule has 0 aliphatic carbocycles. The molecule has 0 fully saturated rings. The molecule has 27 heavy (non-hydrogen) atoms. The van der Waals surface area contributed by atoms with Crippen molar-refractivity contribution < 1.29 is 13.2 Å². The van der Waals surface area contributed by atoms with E-state index < -0.39 is 11.7 Å². The van der Waals surface area contributed by atoms with Crippen LogP contribution in [0.2, 0.25) is 0 Å². The van der Waals surface area contributed by atoms with Crippen LogP contribution >= 0.6 is 0 Å². The number of halogens is 3. The first-order valence-electron chi connectivity index (χ1n) is 7.86. The van der Waals surface area contributed by atoms with Gasteiger partial charge >= 0.3 is 6.18 Å². The van der Waals surface area contributed by atoms with Gasteiger partial charge in [-0.15, -0.1) is 0 Å². The summed E-state index contributed by atoms with van der Waals surface area (Å²) in [5.74, 6) is 0. The van der Waals surface area contributed by atoms with E-state index in [9.17, 15) is 13.2 Å². The maximum absolute atomic E-state index is 12.5. The summed E-state index contributed by atoms with van der Waals surface area (Å²) in [6, 6.07) is 18.2. The standard InChI is InChI=1S/C19H14F3N5/c20-19(21,22)13-1-5-15(6-2-13)24-26-17-9-11-18(12-10-17)27-25-16-7-3-14(23)4-8-16/h1-12H,23H2. The summed E-state index contributed by atoms with van der Waals surface area (Å²) in [4.78, 5) is 0. The van der Waals surface area contributed by atoms with Crippen molar-refractivity contribution in [3.05, 3.63) is 78.4 Å². The highest BCUT2D eigenvalue weighted by molar-refractivity contribution is 5.50. The van der Waals surface area contributed by atoms with Crippen molar-refractivity contribution in [1.82, 2.24) is 0 Å². The molecule has 0 aliphatic rings. The zero-order valence-corrected chi connectivity index (χ0v) is 13.9. The molecule has 0 unspecified atom stereocenters. The van der Waals surface area contributed by atoms with E-state index >= 15 is 0 Å². The number of nitrogen functional groups attached to an aromatic ring is 1. The lowest BCUT2D eigenvalue weighted by Gasteiger charge is -2.05. The number of azo groups is 2. The lowest BCUT2D eigenvalue weighted by atomic mass is 10.2. The van der Waals surface area contributed by atoms with Crippen LogP contribution in [0.4, 0.5) is 41.6 Å². The molecule has 0 radical (unpaired) electrons. The number of benzene rings is 3. The van der Waals surface area contributed by atoms with Gasteiger partial charge in [-0.2, -0.15) is 33.6 Å².